The summed E-state index contributed by atoms with van der Waals surface area (Å²) in [5.41, 5.74) is 10.2. The van der Waals surface area contributed by atoms with Crippen molar-refractivity contribution in [3.8, 4) is 17.2 Å². The Balaban J connectivity index is 1.48. The fourth-order valence-corrected chi connectivity index (χ4v) is 3.76. The second-order valence-electron chi connectivity index (χ2n) is 8.46. The van der Waals surface area contributed by atoms with Crippen LogP contribution in [0, 0.1) is 17.1 Å². The molecule has 0 aliphatic rings. The highest BCUT2D eigenvalue weighted by atomic mass is 19.1. The monoisotopic (exact) mass is 496 g/mol. The molecule has 186 valence electrons. The number of aromatic nitrogens is 2. The molecule has 37 heavy (non-hydrogen) atoms. The zero-order valence-corrected chi connectivity index (χ0v) is 20.1. The number of nitriles is 1. The zero-order chi connectivity index (χ0) is 26.4. The summed E-state index contributed by atoms with van der Waals surface area (Å²) in [6, 6.07) is 18.5. The van der Waals surface area contributed by atoms with Crippen LogP contribution >= 0.6 is 0 Å². The summed E-state index contributed by atoms with van der Waals surface area (Å²) >= 11 is 0. The molecule has 0 spiro atoms. The van der Waals surface area contributed by atoms with Crippen LogP contribution in [0.4, 0.5) is 16.0 Å². The number of carbonyl (C=O) groups excluding carboxylic acids is 1. The number of halogens is 1. The number of nitrogen functional groups attached to an aromatic ring is 1. The second-order valence-corrected chi connectivity index (χ2v) is 8.46. The molecule has 5 N–H and O–H groups in total. The predicted octanol–water partition coefficient (Wildman–Crippen LogP) is 4.33. The minimum Gasteiger partial charge on any atom is -0.392 e. The van der Waals surface area contributed by atoms with Gasteiger partial charge in [-0.3, -0.25) is 4.79 Å². The maximum Gasteiger partial charge on any atom is 0.255 e. The molecule has 1 unspecified atom stereocenters. The van der Waals surface area contributed by atoms with Crippen molar-refractivity contribution in [1.82, 2.24) is 15.3 Å². The molecule has 2 heterocycles. The second kappa shape index (κ2) is 11.3. The molecule has 0 radical (unpaired) electrons. The largest absolute Gasteiger partial charge is 0.392 e. The number of nitrogens with one attached hydrogen (secondary N) is 2. The number of nitrogens with two attached hydrogens (primary N) is 1. The number of anilines is 2. The van der Waals surface area contributed by atoms with Gasteiger partial charge in [-0.15, -0.1) is 0 Å². The summed E-state index contributed by atoms with van der Waals surface area (Å²) < 4.78 is 13.2. The Morgan fingerprint density at radius 3 is 2.49 bits per heavy atom. The lowest BCUT2D eigenvalue weighted by Gasteiger charge is -2.16. The number of pyridine rings is 2. The molecule has 8 nitrogen and oxygen atoms in total. The van der Waals surface area contributed by atoms with Gasteiger partial charge >= 0.3 is 0 Å². The van der Waals surface area contributed by atoms with E-state index in [0.29, 0.717) is 23.7 Å². The van der Waals surface area contributed by atoms with Gasteiger partial charge in [-0.25, -0.2) is 14.4 Å². The van der Waals surface area contributed by atoms with Crippen molar-refractivity contribution < 1.29 is 14.3 Å². The van der Waals surface area contributed by atoms with Crippen molar-refractivity contribution in [2.24, 2.45) is 0 Å². The third-order valence-electron chi connectivity index (χ3n) is 5.90. The van der Waals surface area contributed by atoms with Gasteiger partial charge in [-0.2, -0.15) is 5.26 Å². The predicted molar refractivity (Wildman–Crippen MR) is 139 cm³/mol. The molecule has 4 rings (SSSR count). The quantitative estimate of drug-likeness (QED) is 0.285. The smallest absolute Gasteiger partial charge is 0.255 e. The van der Waals surface area contributed by atoms with Crippen molar-refractivity contribution in [1.29, 1.82) is 5.26 Å². The van der Waals surface area contributed by atoms with E-state index in [4.69, 9.17) is 5.73 Å². The van der Waals surface area contributed by atoms with Gasteiger partial charge in [-0.05, 0) is 47.9 Å². The molecule has 9 heteroatoms. The van der Waals surface area contributed by atoms with E-state index in [1.165, 1.54) is 24.4 Å². The first-order chi connectivity index (χ1) is 17.9. The summed E-state index contributed by atoms with van der Waals surface area (Å²) in [6.07, 6.45) is 3.05. The van der Waals surface area contributed by atoms with Gasteiger partial charge in [0.25, 0.3) is 5.91 Å². The zero-order valence-electron chi connectivity index (χ0n) is 20.1. The first-order valence-electron chi connectivity index (χ1n) is 11.5. The van der Waals surface area contributed by atoms with Gasteiger partial charge in [0, 0.05) is 30.1 Å². The van der Waals surface area contributed by atoms with E-state index in [-0.39, 0.29) is 29.6 Å². The minimum atomic E-state index is -0.408. The van der Waals surface area contributed by atoms with E-state index in [0.717, 1.165) is 22.3 Å². The summed E-state index contributed by atoms with van der Waals surface area (Å²) in [6.45, 7) is 1.99. The Hall–Kier alpha value is -4.81. The number of rotatable bonds is 8. The van der Waals surface area contributed by atoms with Gasteiger partial charge in [0.05, 0.1) is 23.8 Å². The van der Waals surface area contributed by atoms with Crippen LogP contribution in [-0.4, -0.2) is 21.0 Å². The number of benzene rings is 2. The third kappa shape index (κ3) is 6.07. The standard InChI is InChI=1S/C28H25FN6O2/c1-17(20-6-8-24(29)9-7-20)35-28(37)25-10-19(12-30)14-34-27(25)33-13-18-2-4-21(5-3-18)22-11-23(16-36)26(31)32-15-22/h2-11,14-15,17,36H,13,16H2,1H3,(H2,31,32)(H,33,34)(H,35,37). The average molecular weight is 497 g/mol. The average Bonchev–Trinajstić information content (AvgIpc) is 2.92. The molecular weight excluding hydrogens is 471 g/mol. The fraction of sp³-hybridized carbons (Fsp3) is 0.143. The van der Waals surface area contributed by atoms with E-state index in [2.05, 4.69) is 20.6 Å². The molecule has 0 aliphatic heterocycles. The number of amides is 1. The fourth-order valence-electron chi connectivity index (χ4n) is 3.76. The highest BCUT2D eigenvalue weighted by Gasteiger charge is 2.17. The molecule has 4 aromatic rings. The first kappa shape index (κ1) is 25.3. The molecule has 0 aliphatic carbocycles. The van der Waals surface area contributed by atoms with Crippen LogP contribution in [0.3, 0.4) is 0 Å². The summed E-state index contributed by atoms with van der Waals surface area (Å²) in [5.74, 6) is -0.126. The van der Waals surface area contributed by atoms with Gasteiger partial charge in [-0.1, -0.05) is 36.4 Å². The maximum atomic E-state index is 13.2. The highest BCUT2D eigenvalue weighted by Crippen LogP contribution is 2.23. The Bertz CT molecular complexity index is 1450. The lowest BCUT2D eigenvalue weighted by atomic mass is 10.0. The summed E-state index contributed by atoms with van der Waals surface area (Å²) in [4.78, 5) is 21.5. The molecule has 0 bridgehead atoms. The Labute approximate surface area is 213 Å². The van der Waals surface area contributed by atoms with E-state index in [9.17, 15) is 19.6 Å². The number of aliphatic hydroxyl groups is 1. The normalized spacial score (nSPS) is 11.4. The molecular formula is C28H25FN6O2. The molecule has 2 aromatic carbocycles. The van der Waals surface area contributed by atoms with Crippen molar-refractivity contribution in [2.75, 3.05) is 11.1 Å². The molecule has 0 saturated carbocycles. The van der Waals surface area contributed by atoms with Crippen LogP contribution in [0.1, 0.15) is 45.6 Å². The Morgan fingerprint density at radius 2 is 1.81 bits per heavy atom. The molecule has 0 fully saturated rings. The third-order valence-corrected chi connectivity index (χ3v) is 5.90. The highest BCUT2D eigenvalue weighted by molar-refractivity contribution is 5.99. The van der Waals surface area contributed by atoms with Gasteiger partial charge in [0.15, 0.2) is 0 Å². The van der Waals surface area contributed by atoms with Crippen molar-refractivity contribution in [2.45, 2.75) is 26.1 Å². The SMILES string of the molecule is CC(NC(=O)c1cc(C#N)cnc1NCc1ccc(-c2cnc(N)c(CO)c2)cc1)c1ccc(F)cc1. The van der Waals surface area contributed by atoms with Crippen LogP contribution in [0.25, 0.3) is 11.1 Å². The van der Waals surface area contributed by atoms with Gasteiger partial charge < -0.3 is 21.5 Å². The lowest BCUT2D eigenvalue weighted by molar-refractivity contribution is 0.0940. The summed E-state index contributed by atoms with van der Waals surface area (Å²) in [7, 11) is 0. The van der Waals surface area contributed by atoms with Crippen LogP contribution < -0.4 is 16.4 Å². The number of hydrogen-bond donors (Lipinski definition) is 4. The number of carbonyl (C=O) groups is 1. The summed E-state index contributed by atoms with van der Waals surface area (Å²) in [5, 5.41) is 24.8. The van der Waals surface area contributed by atoms with Crippen molar-refractivity contribution >= 4 is 17.5 Å². The van der Waals surface area contributed by atoms with Crippen LogP contribution in [0.5, 0.6) is 0 Å². The molecule has 1 amide bonds. The van der Waals surface area contributed by atoms with Crippen molar-refractivity contribution in [3.05, 3.63) is 107 Å². The maximum absolute atomic E-state index is 13.2. The van der Waals surface area contributed by atoms with Crippen LogP contribution in [0.15, 0.2) is 73.1 Å². The molecule has 2 aromatic heterocycles. The van der Waals surface area contributed by atoms with E-state index in [1.807, 2.05) is 30.3 Å². The topological polar surface area (TPSA) is 137 Å². The first-order valence-corrected chi connectivity index (χ1v) is 11.5. The van der Waals surface area contributed by atoms with E-state index < -0.39 is 5.91 Å². The number of hydrogen-bond acceptors (Lipinski definition) is 7. The van der Waals surface area contributed by atoms with E-state index in [1.54, 1.807) is 31.3 Å². The van der Waals surface area contributed by atoms with Crippen LogP contribution in [-0.2, 0) is 13.2 Å². The number of nitrogens with zero attached hydrogens (tertiary/aromatic N) is 3. The van der Waals surface area contributed by atoms with Crippen LogP contribution in [0.2, 0.25) is 0 Å². The number of aliphatic hydroxyl groups excluding tert-OH is 1. The molecule has 0 saturated heterocycles. The lowest BCUT2D eigenvalue weighted by Crippen LogP contribution is -2.28. The Morgan fingerprint density at radius 1 is 1.08 bits per heavy atom. The minimum absolute atomic E-state index is 0.190. The molecule has 1 atom stereocenters. The van der Waals surface area contributed by atoms with E-state index >= 15 is 0 Å². The van der Waals surface area contributed by atoms with Crippen molar-refractivity contribution in [3.63, 3.8) is 0 Å². The van der Waals surface area contributed by atoms with Gasteiger partial charge in [0.2, 0.25) is 0 Å². The Kier molecular flexibility index (Phi) is 7.71. The van der Waals surface area contributed by atoms with Gasteiger partial charge in [0.1, 0.15) is 23.5 Å².